The number of aromatic nitrogens is 1. The van der Waals surface area contributed by atoms with Gasteiger partial charge in [-0.1, -0.05) is 5.16 Å². The number of hydrogen-bond acceptors (Lipinski definition) is 19. The molecular weight excluding hydrogens is 769 g/mol. The Morgan fingerprint density at radius 1 is 1.25 bits per heavy atom. The predicted octanol–water partition coefficient (Wildman–Crippen LogP) is 0.0112. The first kappa shape index (κ1) is 36.5. The Bertz CT molecular complexity index is 2150. The molecule has 9 N–H and O–H groups in total. The third-order valence-electron chi connectivity index (χ3n) is 7.42. The number of anilines is 1. The van der Waals surface area contributed by atoms with Gasteiger partial charge in [0.1, 0.15) is 22.8 Å². The Labute approximate surface area is 305 Å². The highest BCUT2D eigenvalue weighted by molar-refractivity contribution is 8.03. The molecule has 274 valence electrons. The molecule has 52 heavy (non-hydrogen) atoms. The van der Waals surface area contributed by atoms with E-state index in [1.54, 1.807) is 13.0 Å². The number of thioether (sulfide) groups is 2. The number of thiazole rings is 1. The number of aromatic hydroxyl groups is 2. The molecule has 4 aliphatic rings. The number of amides is 4. The third kappa shape index (κ3) is 7.08. The van der Waals surface area contributed by atoms with Crippen molar-refractivity contribution in [2.75, 3.05) is 23.2 Å². The van der Waals surface area contributed by atoms with Crippen LogP contribution in [0.25, 0.3) is 0 Å². The topological polar surface area (TPSA) is 302 Å². The molecule has 4 aliphatic heterocycles. The van der Waals surface area contributed by atoms with Crippen LogP contribution >= 0.6 is 34.9 Å². The van der Waals surface area contributed by atoms with Crippen molar-refractivity contribution in [3.8, 4) is 11.5 Å². The number of β-lactam (4-membered cyclic amide) rings is 1. The predicted molar refractivity (Wildman–Crippen MR) is 185 cm³/mol. The van der Waals surface area contributed by atoms with Crippen LogP contribution in [0.3, 0.4) is 0 Å². The number of oxime groups is 1. The quantitative estimate of drug-likeness (QED) is 0.0488. The Morgan fingerprint density at radius 3 is 2.69 bits per heavy atom. The molecule has 1 fully saturated rings. The largest absolute Gasteiger partial charge is 0.504 e. The summed E-state index contributed by atoms with van der Waals surface area (Å²) in [5.74, 6) is -4.76. The molecule has 0 saturated carbocycles. The summed E-state index contributed by atoms with van der Waals surface area (Å²) in [7, 11) is -4.23. The van der Waals surface area contributed by atoms with Crippen molar-refractivity contribution >= 4 is 85.1 Å². The summed E-state index contributed by atoms with van der Waals surface area (Å²) in [6.45, 7) is 1.72. The number of aliphatic imine (C=N–C) groups is 1. The van der Waals surface area contributed by atoms with Crippen molar-refractivity contribution in [1.82, 2.24) is 36.2 Å². The SMILES string of the molecule is CC1=NC2=CN(C(=O)NO)NN2C(SCC2=C(C(=O)O)N3C(=O)[C@@H](NC(=O)C(=NOCS(=O)(=O)c4ccc(O)c(O)c4)c4csc(N)n4)[C@H]3SC2)=C1. The Kier molecular flexibility index (Phi) is 10.1. The molecule has 0 aliphatic carbocycles. The van der Waals surface area contributed by atoms with Gasteiger partial charge in [0.25, 0.3) is 11.8 Å². The monoisotopic (exact) mass is 794 g/mol. The minimum absolute atomic E-state index is 0.0465. The first-order chi connectivity index (χ1) is 24.7. The van der Waals surface area contributed by atoms with Crippen LogP contribution in [0.5, 0.6) is 11.5 Å². The van der Waals surface area contributed by atoms with Crippen molar-refractivity contribution in [2.45, 2.75) is 23.2 Å². The van der Waals surface area contributed by atoms with Crippen molar-refractivity contribution < 1.29 is 53.0 Å². The fourth-order valence-electron chi connectivity index (χ4n) is 5.01. The maximum absolute atomic E-state index is 13.4. The molecule has 6 rings (SSSR count). The smallest absolute Gasteiger partial charge is 0.361 e. The molecule has 1 aromatic heterocycles. The number of carbonyl (C=O) groups is 4. The van der Waals surface area contributed by atoms with Gasteiger partial charge in [-0.15, -0.1) is 40.4 Å². The van der Waals surface area contributed by atoms with Crippen molar-refractivity contribution in [3.05, 3.63) is 63.7 Å². The molecule has 4 amide bonds. The highest BCUT2D eigenvalue weighted by Crippen LogP contribution is 2.42. The number of nitrogen functional groups attached to an aromatic ring is 1. The number of hydroxylamine groups is 1. The number of sulfone groups is 1. The van der Waals surface area contributed by atoms with E-state index >= 15 is 0 Å². The molecule has 1 saturated heterocycles. The summed E-state index contributed by atoms with van der Waals surface area (Å²) in [6.07, 6.45) is 3.04. The lowest BCUT2D eigenvalue weighted by Crippen LogP contribution is -2.71. The first-order valence-electron chi connectivity index (χ1n) is 14.5. The number of fused-ring (bicyclic) bond motifs is 2. The number of rotatable bonds is 11. The van der Waals surface area contributed by atoms with E-state index in [-0.39, 0.29) is 28.0 Å². The number of phenolic OH excluding ortho intramolecular Hbond substituents is 2. The van der Waals surface area contributed by atoms with Crippen LogP contribution in [0.1, 0.15) is 12.6 Å². The number of nitrogens with two attached hydrogens (primary N) is 1. The van der Waals surface area contributed by atoms with E-state index < -0.39 is 73.1 Å². The maximum Gasteiger partial charge on any atom is 0.361 e. The number of carbonyl (C=O) groups excluding carboxylic acids is 3. The summed E-state index contributed by atoms with van der Waals surface area (Å²) in [6, 6.07) is 0.736. The van der Waals surface area contributed by atoms with Crippen LogP contribution in [-0.4, -0.2) is 113 Å². The number of benzene rings is 1. The number of phenols is 2. The highest BCUT2D eigenvalue weighted by Gasteiger charge is 2.54. The lowest BCUT2D eigenvalue weighted by Gasteiger charge is -2.49. The summed E-state index contributed by atoms with van der Waals surface area (Å²) in [5.41, 5.74) is 10.1. The zero-order chi connectivity index (χ0) is 37.5. The number of carboxylic acid groups (broad SMARTS) is 1. The number of nitrogens with zero attached hydrogens (tertiary/aromatic N) is 6. The van der Waals surface area contributed by atoms with Crippen molar-refractivity contribution in [2.24, 2.45) is 10.1 Å². The normalized spacial score (nSPS) is 20.0. The second-order valence-electron chi connectivity index (χ2n) is 10.9. The number of hydrogen-bond donors (Lipinski definition) is 8. The van der Waals surface area contributed by atoms with Gasteiger partial charge < -0.3 is 31.2 Å². The zero-order valence-electron chi connectivity index (χ0n) is 26.3. The van der Waals surface area contributed by atoms with E-state index in [1.165, 1.54) is 45.6 Å². The van der Waals surface area contributed by atoms with Gasteiger partial charge in [-0.2, -0.15) is 0 Å². The summed E-state index contributed by atoms with van der Waals surface area (Å²) >= 11 is 3.36. The lowest BCUT2D eigenvalue weighted by molar-refractivity contribution is -0.150. The van der Waals surface area contributed by atoms with E-state index in [1.807, 2.05) is 0 Å². The molecule has 2 aromatic rings. The van der Waals surface area contributed by atoms with Crippen molar-refractivity contribution in [1.29, 1.82) is 0 Å². The van der Waals surface area contributed by atoms with Gasteiger partial charge in [0, 0.05) is 28.7 Å². The van der Waals surface area contributed by atoms with Gasteiger partial charge in [-0.25, -0.2) is 43.5 Å². The molecule has 25 heteroatoms. The second kappa shape index (κ2) is 14.4. The third-order valence-corrected chi connectivity index (χ3v) is 11.9. The minimum Gasteiger partial charge on any atom is -0.504 e. The first-order valence-corrected chi connectivity index (χ1v) is 19.0. The number of urea groups is 1. The standard InChI is InChI=1S/C27H26N10O11S4/c1-11-4-18(37-17(29-11)6-35(34-37)27(44)32-45)49-7-12-8-50-24-20(23(41)36(24)21(12)25(42)43)31-22(40)19(14-9-51-26(28)30-14)33-48-10-52(46,47)13-2-3-15(38)16(39)5-13/h2-6,9,20,24,34,38-39,45H,7-8,10H2,1H3,(H2,28,30)(H,31,40)(H,32,44)(H,42,43)/t20-,24-/m1/s1. The summed E-state index contributed by atoms with van der Waals surface area (Å²) in [5, 5.41) is 48.0. The summed E-state index contributed by atoms with van der Waals surface area (Å²) in [4.78, 5) is 65.2. The van der Waals surface area contributed by atoms with E-state index in [2.05, 4.69) is 26.0 Å². The van der Waals surface area contributed by atoms with E-state index in [4.69, 9.17) is 15.8 Å². The molecule has 0 radical (unpaired) electrons. The molecule has 0 spiro atoms. The van der Waals surface area contributed by atoms with Gasteiger partial charge in [-0.05, 0) is 30.7 Å². The molecule has 2 atom stereocenters. The van der Waals surface area contributed by atoms with Crippen molar-refractivity contribution in [3.63, 3.8) is 0 Å². The minimum atomic E-state index is -4.23. The molecule has 1 aromatic carbocycles. The Morgan fingerprint density at radius 2 is 2.02 bits per heavy atom. The fraction of sp³-hybridized carbons (Fsp3) is 0.222. The second-order valence-corrected chi connectivity index (χ2v) is 15.8. The van der Waals surface area contributed by atoms with Gasteiger partial charge >= 0.3 is 12.0 Å². The molecule has 0 unspecified atom stereocenters. The van der Waals surface area contributed by atoms with Crippen LogP contribution in [0.4, 0.5) is 9.93 Å². The summed E-state index contributed by atoms with van der Waals surface area (Å²) < 4.78 is 25.4. The number of carboxylic acids is 1. The van der Waals surface area contributed by atoms with E-state index in [9.17, 15) is 42.9 Å². The molecular formula is C27H26N10O11S4. The number of allylic oxidation sites excluding steroid dienone is 1. The molecule has 5 heterocycles. The van der Waals surface area contributed by atoms with E-state index in [0.29, 0.717) is 22.1 Å². The van der Waals surface area contributed by atoms with Crippen LogP contribution in [-0.2, 0) is 29.1 Å². The fourth-order valence-corrected chi connectivity index (χ4v) is 9.01. The van der Waals surface area contributed by atoms with E-state index in [0.717, 1.165) is 39.4 Å². The van der Waals surface area contributed by atoms with Crippen LogP contribution in [0.15, 0.2) is 73.0 Å². The lowest BCUT2D eigenvalue weighted by atomic mass is 10.0. The van der Waals surface area contributed by atoms with Gasteiger partial charge in [-0.3, -0.25) is 19.7 Å². The number of hydrazine groups is 2. The zero-order valence-corrected chi connectivity index (χ0v) is 29.5. The van der Waals surface area contributed by atoms with Gasteiger partial charge in [0.15, 0.2) is 28.2 Å². The van der Waals surface area contributed by atoms with Gasteiger partial charge in [0.2, 0.25) is 15.8 Å². The average Bonchev–Trinajstić information content (AvgIpc) is 3.74. The Hall–Kier alpha value is -5.34. The van der Waals surface area contributed by atoms with Crippen LogP contribution in [0.2, 0.25) is 0 Å². The van der Waals surface area contributed by atoms with Gasteiger partial charge in [0.05, 0.1) is 16.1 Å². The number of nitrogens with one attached hydrogen (secondary N) is 3. The molecule has 0 bridgehead atoms. The van der Waals surface area contributed by atoms with Crippen LogP contribution in [0, 0.1) is 0 Å². The number of aliphatic carboxylic acids is 1. The average molecular weight is 795 g/mol. The maximum atomic E-state index is 13.4. The Balaban J connectivity index is 1.15. The van der Waals surface area contributed by atoms with Crippen LogP contribution < -0.4 is 22.1 Å². The highest BCUT2D eigenvalue weighted by atomic mass is 32.2. The molecule has 21 nitrogen and oxygen atoms in total.